The molecule has 0 bridgehead atoms. The van der Waals surface area contributed by atoms with Crippen LogP contribution in [0, 0.1) is 5.92 Å². The summed E-state index contributed by atoms with van der Waals surface area (Å²) in [5, 5.41) is 3.48. The molecule has 0 aliphatic carbocycles. The number of carbonyl (C=O) groups excluding carboxylic acids is 1. The number of hydrogen-bond acceptors (Lipinski definition) is 5. The number of halogens is 1. The molecule has 8 heteroatoms. The van der Waals surface area contributed by atoms with Gasteiger partial charge >= 0.3 is 5.97 Å². The number of methoxy groups -OCH3 is 1. The maximum absolute atomic E-state index is 12.6. The van der Waals surface area contributed by atoms with Gasteiger partial charge in [0.05, 0.1) is 17.6 Å². The molecular formula is C14H19ClN2O4S. The number of nitrogens with one attached hydrogen (secondary N) is 2. The lowest BCUT2D eigenvalue weighted by molar-refractivity contribution is 0.0596. The first-order chi connectivity index (χ1) is 10.3. The number of carbonyl (C=O) groups is 1. The molecule has 1 saturated heterocycles. The van der Waals surface area contributed by atoms with Gasteiger partial charge in [-0.25, -0.2) is 17.9 Å². The van der Waals surface area contributed by atoms with Gasteiger partial charge in [-0.15, -0.1) is 0 Å². The molecule has 1 aromatic carbocycles. The summed E-state index contributed by atoms with van der Waals surface area (Å²) in [5.41, 5.74) is -0.0657. The summed E-state index contributed by atoms with van der Waals surface area (Å²) in [6.45, 7) is 3.47. The molecule has 122 valence electrons. The minimum atomic E-state index is -3.83. The van der Waals surface area contributed by atoms with Crippen LogP contribution in [-0.4, -0.2) is 40.6 Å². The van der Waals surface area contributed by atoms with Gasteiger partial charge in [-0.2, -0.15) is 0 Å². The van der Waals surface area contributed by atoms with Crippen molar-refractivity contribution >= 4 is 27.6 Å². The van der Waals surface area contributed by atoms with Crippen LogP contribution in [0.1, 0.15) is 23.7 Å². The molecule has 22 heavy (non-hydrogen) atoms. The van der Waals surface area contributed by atoms with Crippen molar-refractivity contribution in [1.82, 2.24) is 10.0 Å². The average molecular weight is 347 g/mol. The number of piperidine rings is 1. The van der Waals surface area contributed by atoms with E-state index in [2.05, 4.69) is 14.8 Å². The highest BCUT2D eigenvalue weighted by Gasteiger charge is 2.29. The third kappa shape index (κ3) is 3.78. The summed E-state index contributed by atoms with van der Waals surface area (Å²) >= 11 is 5.85. The SMILES string of the molecule is COC(=O)c1cc(Cl)ccc1S(=O)(=O)NC1CCNCC1C. The minimum absolute atomic E-state index is 0.0657. The first-order valence-electron chi connectivity index (χ1n) is 6.96. The van der Waals surface area contributed by atoms with Crippen LogP contribution in [-0.2, 0) is 14.8 Å². The fourth-order valence-electron chi connectivity index (χ4n) is 2.46. The fraction of sp³-hybridized carbons (Fsp3) is 0.500. The molecule has 0 aromatic heterocycles. The van der Waals surface area contributed by atoms with Crippen molar-refractivity contribution in [2.75, 3.05) is 20.2 Å². The van der Waals surface area contributed by atoms with Crippen molar-refractivity contribution in [2.24, 2.45) is 5.92 Å². The Bertz CT molecular complexity index is 663. The maximum Gasteiger partial charge on any atom is 0.339 e. The second-order valence-corrected chi connectivity index (χ2v) is 7.45. The molecule has 0 radical (unpaired) electrons. The maximum atomic E-state index is 12.6. The van der Waals surface area contributed by atoms with E-state index in [1.54, 1.807) is 0 Å². The first kappa shape index (κ1) is 17.2. The quantitative estimate of drug-likeness (QED) is 0.805. The third-order valence-corrected chi connectivity index (χ3v) is 5.51. The van der Waals surface area contributed by atoms with Gasteiger partial charge in [0.25, 0.3) is 0 Å². The molecule has 1 aliphatic heterocycles. The Hall–Kier alpha value is -1.15. The van der Waals surface area contributed by atoms with E-state index >= 15 is 0 Å². The third-order valence-electron chi connectivity index (χ3n) is 3.73. The number of ether oxygens (including phenoxy) is 1. The van der Waals surface area contributed by atoms with E-state index in [1.165, 1.54) is 25.3 Å². The molecule has 1 fully saturated rings. The Morgan fingerprint density at radius 3 is 2.82 bits per heavy atom. The van der Waals surface area contributed by atoms with Crippen LogP contribution in [0.3, 0.4) is 0 Å². The Kier molecular flexibility index (Phi) is 5.44. The second kappa shape index (κ2) is 6.95. The number of hydrogen-bond donors (Lipinski definition) is 2. The van der Waals surface area contributed by atoms with Gasteiger partial charge in [-0.1, -0.05) is 18.5 Å². The highest BCUT2D eigenvalue weighted by atomic mass is 35.5. The molecule has 0 amide bonds. The van der Waals surface area contributed by atoms with E-state index in [-0.39, 0.29) is 27.4 Å². The highest BCUT2D eigenvalue weighted by Crippen LogP contribution is 2.23. The zero-order chi connectivity index (χ0) is 16.3. The van der Waals surface area contributed by atoms with Crippen LogP contribution in [0.4, 0.5) is 0 Å². The lowest BCUT2D eigenvalue weighted by Crippen LogP contribution is -2.48. The van der Waals surface area contributed by atoms with Gasteiger partial charge in [0, 0.05) is 11.1 Å². The van der Waals surface area contributed by atoms with Gasteiger partial charge in [0.1, 0.15) is 0 Å². The number of rotatable bonds is 4. The predicted octanol–water partition coefficient (Wildman–Crippen LogP) is 1.40. The van der Waals surface area contributed by atoms with E-state index < -0.39 is 16.0 Å². The van der Waals surface area contributed by atoms with E-state index in [4.69, 9.17) is 11.6 Å². The van der Waals surface area contributed by atoms with Crippen molar-refractivity contribution < 1.29 is 17.9 Å². The molecule has 0 saturated carbocycles. The lowest BCUT2D eigenvalue weighted by atomic mass is 9.97. The monoisotopic (exact) mass is 346 g/mol. The molecule has 2 unspecified atom stereocenters. The molecule has 1 aromatic rings. The normalized spacial score (nSPS) is 22.3. The standard InChI is InChI=1S/C14H19ClN2O4S/c1-9-8-16-6-5-12(9)17-22(19,20)13-4-3-10(15)7-11(13)14(18)21-2/h3-4,7,9,12,16-17H,5-6,8H2,1-2H3. The number of esters is 1. The molecule has 0 spiro atoms. The van der Waals surface area contributed by atoms with E-state index in [9.17, 15) is 13.2 Å². The van der Waals surface area contributed by atoms with Crippen LogP contribution in [0.15, 0.2) is 23.1 Å². The van der Waals surface area contributed by atoms with Crippen molar-refractivity contribution in [3.8, 4) is 0 Å². The van der Waals surface area contributed by atoms with Crippen LogP contribution < -0.4 is 10.0 Å². The summed E-state index contributed by atoms with van der Waals surface area (Å²) in [5.74, 6) is -0.571. The van der Waals surface area contributed by atoms with Gasteiger partial charge in [-0.05, 0) is 43.6 Å². The molecule has 1 heterocycles. The second-order valence-electron chi connectivity index (χ2n) is 5.33. The summed E-state index contributed by atoms with van der Waals surface area (Å²) < 4.78 is 32.6. The van der Waals surface area contributed by atoms with Crippen molar-refractivity contribution in [3.63, 3.8) is 0 Å². The first-order valence-corrected chi connectivity index (χ1v) is 8.82. The van der Waals surface area contributed by atoms with Crippen molar-refractivity contribution in [3.05, 3.63) is 28.8 Å². The van der Waals surface area contributed by atoms with Crippen LogP contribution in [0.2, 0.25) is 5.02 Å². The molecule has 2 rings (SSSR count). The Labute approximate surface area is 135 Å². The zero-order valence-electron chi connectivity index (χ0n) is 12.4. The van der Waals surface area contributed by atoms with Gasteiger partial charge in [0.15, 0.2) is 0 Å². The summed E-state index contributed by atoms with van der Waals surface area (Å²) in [7, 11) is -2.64. The van der Waals surface area contributed by atoms with Crippen LogP contribution in [0.25, 0.3) is 0 Å². The Morgan fingerprint density at radius 1 is 1.45 bits per heavy atom. The average Bonchev–Trinajstić information content (AvgIpc) is 2.48. The van der Waals surface area contributed by atoms with Gasteiger partial charge < -0.3 is 10.1 Å². The lowest BCUT2D eigenvalue weighted by Gasteiger charge is -2.30. The van der Waals surface area contributed by atoms with Crippen molar-refractivity contribution in [1.29, 1.82) is 0 Å². The zero-order valence-corrected chi connectivity index (χ0v) is 14.0. The predicted molar refractivity (Wildman–Crippen MR) is 83.6 cm³/mol. The van der Waals surface area contributed by atoms with Gasteiger partial charge in [0.2, 0.25) is 10.0 Å². The highest BCUT2D eigenvalue weighted by molar-refractivity contribution is 7.89. The smallest absolute Gasteiger partial charge is 0.339 e. The topological polar surface area (TPSA) is 84.5 Å². The number of benzene rings is 1. The van der Waals surface area contributed by atoms with Crippen LogP contribution >= 0.6 is 11.6 Å². The molecule has 2 atom stereocenters. The largest absolute Gasteiger partial charge is 0.465 e. The van der Waals surface area contributed by atoms with Gasteiger partial charge in [-0.3, -0.25) is 0 Å². The molecule has 2 N–H and O–H groups in total. The molecule has 6 nitrogen and oxygen atoms in total. The minimum Gasteiger partial charge on any atom is -0.465 e. The fourth-order valence-corrected chi connectivity index (χ4v) is 4.18. The molecular weight excluding hydrogens is 328 g/mol. The van der Waals surface area contributed by atoms with E-state index in [1.807, 2.05) is 6.92 Å². The van der Waals surface area contributed by atoms with E-state index in [0.29, 0.717) is 6.42 Å². The van der Waals surface area contributed by atoms with Crippen molar-refractivity contribution in [2.45, 2.75) is 24.3 Å². The molecule has 1 aliphatic rings. The summed E-state index contributed by atoms with van der Waals surface area (Å²) in [6.07, 6.45) is 0.696. The van der Waals surface area contributed by atoms with Crippen LogP contribution in [0.5, 0.6) is 0 Å². The van der Waals surface area contributed by atoms with E-state index in [0.717, 1.165) is 13.1 Å². The Morgan fingerprint density at radius 2 is 2.18 bits per heavy atom. The summed E-state index contributed by atoms with van der Waals surface area (Å²) in [4.78, 5) is 11.7. The Balaban J connectivity index is 2.34. The number of sulfonamides is 1. The summed E-state index contributed by atoms with van der Waals surface area (Å²) in [6, 6.07) is 3.89.